The van der Waals surface area contributed by atoms with E-state index in [-0.39, 0.29) is 35.7 Å². The first-order valence-electron chi connectivity index (χ1n) is 8.10. The summed E-state index contributed by atoms with van der Waals surface area (Å²) in [5.74, 6) is -0.555. The largest absolute Gasteiger partial charge is 0.465 e. The van der Waals surface area contributed by atoms with Crippen LogP contribution in [0.4, 0.5) is 4.79 Å². The molecule has 0 radical (unpaired) electrons. The third-order valence-corrected chi connectivity index (χ3v) is 4.69. The molecule has 8 nitrogen and oxygen atoms in total. The number of carbonyl (C=O) groups is 3. The minimum Gasteiger partial charge on any atom is -0.465 e. The van der Waals surface area contributed by atoms with Crippen LogP contribution < -0.4 is 5.73 Å². The lowest BCUT2D eigenvalue weighted by molar-refractivity contribution is 0.0317. The van der Waals surface area contributed by atoms with Gasteiger partial charge in [0, 0.05) is 28.7 Å². The quantitative estimate of drug-likeness (QED) is 0.417. The average Bonchev–Trinajstić information content (AvgIpc) is 2.93. The Hall–Kier alpha value is -3.07. The van der Waals surface area contributed by atoms with Crippen LogP contribution in [-0.4, -0.2) is 44.2 Å². The van der Waals surface area contributed by atoms with Crippen LogP contribution >= 0.6 is 0 Å². The third kappa shape index (κ3) is 2.99. The van der Waals surface area contributed by atoms with Crippen LogP contribution in [0, 0.1) is 0 Å². The number of hydrogen-bond acceptors (Lipinski definition) is 6. The van der Waals surface area contributed by atoms with Crippen molar-refractivity contribution < 1.29 is 34.8 Å². The Bertz CT molecular complexity index is 963. The van der Waals surface area contributed by atoms with Crippen molar-refractivity contribution >= 4 is 17.7 Å². The van der Waals surface area contributed by atoms with Gasteiger partial charge in [-0.25, -0.2) is 4.79 Å². The molecule has 0 fully saturated rings. The molecule has 0 aromatic heterocycles. The molecule has 6 N–H and O–H groups in total. The van der Waals surface area contributed by atoms with Crippen molar-refractivity contribution in [3.8, 4) is 0 Å². The van der Waals surface area contributed by atoms with Crippen molar-refractivity contribution in [1.82, 2.24) is 0 Å². The predicted molar refractivity (Wildman–Crippen MR) is 92.6 cm³/mol. The second-order valence-electron chi connectivity index (χ2n) is 6.27. The number of benzene rings is 2. The Morgan fingerprint density at radius 3 is 2.19 bits per heavy atom. The molecule has 0 heterocycles. The maximum absolute atomic E-state index is 12.8. The van der Waals surface area contributed by atoms with Crippen LogP contribution in [0.5, 0.6) is 0 Å². The molecule has 2 aliphatic carbocycles. The van der Waals surface area contributed by atoms with Gasteiger partial charge in [-0.2, -0.15) is 0 Å². The van der Waals surface area contributed by atoms with Crippen molar-refractivity contribution in [2.45, 2.75) is 25.2 Å². The summed E-state index contributed by atoms with van der Waals surface area (Å²) in [5, 5.41) is 36.9. The molecule has 8 heteroatoms. The van der Waals surface area contributed by atoms with E-state index in [4.69, 9.17) is 9.90 Å². The van der Waals surface area contributed by atoms with E-state index in [0.717, 1.165) is 0 Å². The molecule has 140 valence electrons. The summed E-state index contributed by atoms with van der Waals surface area (Å²) in [5.41, 5.74) is 6.41. The van der Waals surface area contributed by atoms with Crippen LogP contribution in [0.1, 0.15) is 54.6 Å². The molecule has 2 aromatic carbocycles. The van der Waals surface area contributed by atoms with Gasteiger partial charge in [0.05, 0.1) is 12.7 Å². The minimum atomic E-state index is -1.33. The smallest absolute Gasteiger partial charge is 0.402 e. The lowest BCUT2D eigenvalue weighted by atomic mass is 9.79. The Morgan fingerprint density at radius 2 is 1.63 bits per heavy atom. The molecule has 2 aliphatic rings. The maximum Gasteiger partial charge on any atom is 0.402 e. The number of carboxylic acid groups (broad SMARTS) is 1. The number of amides is 1. The van der Waals surface area contributed by atoms with Gasteiger partial charge in [-0.1, -0.05) is 24.3 Å². The number of nitrogens with two attached hydrogens (primary N) is 1. The molecule has 0 spiro atoms. The van der Waals surface area contributed by atoms with Gasteiger partial charge >= 0.3 is 6.09 Å². The number of aliphatic hydroxyl groups excluding tert-OH is 3. The first-order valence-corrected chi connectivity index (χ1v) is 8.10. The fourth-order valence-corrected chi connectivity index (χ4v) is 3.64. The lowest BCUT2D eigenvalue weighted by Crippen LogP contribution is -2.23. The minimum absolute atomic E-state index is 0.0911. The first kappa shape index (κ1) is 18.7. The van der Waals surface area contributed by atoms with E-state index in [1.165, 1.54) is 6.07 Å². The third-order valence-electron chi connectivity index (χ3n) is 4.69. The van der Waals surface area contributed by atoms with Crippen LogP contribution in [0.25, 0.3) is 0 Å². The Kier molecular flexibility index (Phi) is 4.79. The molecule has 0 aliphatic heterocycles. The molecule has 2 atom stereocenters. The van der Waals surface area contributed by atoms with Gasteiger partial charge in [-0.3, -0.25) is 9.59 Å². The van der Waals surface area contributed by atoms with Gasteiger partial charge in [0.1, 0.15) is 6.10 Å². The Labute approximate surface area is 153 Å². The molecule has 1 amide bonds. The first-order chi connectivity index (χ1) is 12.8. The highest BCUT2D eigenvalue weighted by Crippen LogP contribution is 2.41. The number of ketones is 2. The van der Waals surface area contributed by atoms with Gasteiger partial charge in [-0.15, -0.1) is 0 Å². The number of primary amides is 1. The van der Waals surface area contributed by atoms with Gasteiger partial charge in [0.2, 0.25) is 0 Å². The number of hydrogen-bond donors (Lipinski definition) is 5. The highest BCUT2D eigenvalue weighted by atomic mass is 16.4. The summed E-state index contributed by atoms with van der Waals surface area (Å²) in [6.45, 7) is -0.373. The summed E-state index contributed by atoms with van der Waals surface area (Å²) in [4.78, 5) is 34.4. The fraction of sp³-hybridized carbons (Fsp3) is 0.211. The standard InChI is InChI=1S/C18H14O5.CH3NO2/c19-7-8-5-12-15(11-6-13(20)18(23)14(8)11)17(22)10-4-2-1-3-9(10)16(12)21;2-1(3)4/h1-5,13,18-20,23H,6-7H2;2H2,(H,3,4). The van der Waals surface area contributed by atoms with Crippen LogP contribution in [-0.2, 0) is 13.0 Å². The lowest BCUT2D eigenvalue weighted by Gasteiger charge is -2.22. The topological polar surface area (TPSA) is 158 Å². The van der Waals surface area contributed by atoms with Gasteiger partial charge in [-0.05, 0) is 22.8 Å². The molecule has 4 rings (SSSR count). The molecular weight excluding hydrogens is 354 g/mol. The summed E-state index contributed by atoms with van der Waals surface area (Å²) in [7, 11) is 0. The van der Waals surface area contributed by atoms with E-state index in [0.29, 0.717) is 27.8 Å². The van der Waals surface area contributed by atoms with Crippen LogP contribution in [0.15, 0.2) is 30.3 Å². The van der Waals surface area contributed by atoms with E-state index in [2.05, 4.69) is 5.73 Å². The summed E-state index contributed by atoms with van der Waals surface area (Å²) >= 11 is 0. The van der Waals surface area contributed by atoms with E-state index in [9.17, 15) is 24.9 Å². The number of rotatable bonds is 1. The van der Waals surface area contributed by atoms with Crippen molar-refractivity contribution in [2.75, 3.05) is 0 Å². The molecule has 2 unspecified atom stereocenters. The van der Waals surface area contributed by atoms with Crippen molar-refractivity contribution in [1.29, 1.82) is 0 Å². The molecule has 27 heavy (non-hydrogen) atoms. The highest BCUT2D eigenvalue weighted by molar-refractivity contribution is 6.29. The zero-order valence-electron chi connectivity index (χ0n) is 14.0. The van der Waals surface area contributed by atoms with Gasteiger partial charge in [0.15, 0.2) is 11.6 Å². The Balaban J connectivity index is 0.000000481. The average molecular weight is 371 g/mol. The van der Waals surface area contributed by atoms with E-state index >= 15 is 0 Å². The highest BCUT2D eigenvalue weighted by Gasteiger charge is 2.40. The molecule has 0 saturated heterocycles. The molecule has 0 saturated carbocycles. The number of fused-ring (bicyclic) bond motifs is 4. The van der Waals surface area contributed by atoms with Crippen molar-refractivity contribution in [2.24, 2.45) is 5.73 Å². The predicted octanol–water partition coefficient (Wildman–Crippen LogP) is 0.528. The SMILES string of the molecule is NC(=O)O.O=C1c2ccccc2C(=O)c2c1cc(CO)c1c2CC(O)C1O. The Morgan fingerprint density at radius 1 is 1.07 bits per heavy atom. The number of aliphatic hydroxyl groups is 3. The van der Waals surface area contributed by atoms with Crippen LogP contribution in [0.2, 0.25) is 0 Å². The van der Waals surface area contributed by atoms with Gasteiger partial charge < -0.3 is 26.2 Å². The van der Waals surface area contributed by atoms with Crippen molar-refractivity contribution in [3.63, 3.8) is 0 Å². The maximum atomic E-state index is 12.8. The molecule has 2 aromatic rings. The normalized spacial score (nSPS) is 19.5. The van der Waals surface area contributed by atoms with Gasteiger partial charge in [0.25, 0.3) is 0 Å². The van der Waals surface area contributed by atoms with E-state index in [1.807, 2.05) is 0 Å². The van der Waals surface area contributed by atoms with Crippen molar-refractivity contribution in [3.05, 3.63) is 69.3 Å². The van der Waals surface area contributed by atoms with E-state index < -0.39 is 18.3 Å². The van der Waals surface area contributed by atoms with E-state index in [1.54, 1.807) is 24.3 Å². The zero-order valence-corrected chi connectivity index (χ0v) is 14.0. The second kappa shape index (κ2) is 6.92. The second-order valence-corrected chi connectivity index (χ2v) is 6.27. The molecule has 0 bridgehead atoms. The summed E-state index contributed by atoms with van der Waals surface area (Å²) < 4.78 is 0. The number of carbonyl (C=O) groups excluding carboxylic acids is 2. The van der Waals surface area contributed by atoms with Crippen LogP contribution in [0.3, 0.4) is 0 Å². The summed E-state index contributed by atoms with van der Waals surface area (Å²) in [6.07, 6.45) is -3.44. The zero-order chi connectivity index (χ0) is 19.9. The fourth-order valence-electron chi connectivity index (χ4n) is 3.64. The monoisotopic (exact) mass is 371 g/mol. The molecular formula is C19H17NO7. The summed E-state index contributed by atoms with van der Waals surface area (Å²) in [6, 6.07) is 8.07.